The van der Waals surface area contributed by atoms with Gasteiger partial charge >= 0.3 is 0 Å². The predicted octanol–water partition coefficient (Wildman–Crippen LogP) is 4.44. The van der Waals surface area contributed by atoms with Crippen LogP contribution in [0.25, 0.3) is 0 Å². The van der Waals surface area contributed by atoms with E-state index in [0.717, 1.165) is 31.4 Å². The Labute approximate surface area is 115 Å². The van der Waals surface area contributed by atoms with Gasteiger partial charge in [0.2, 0.25) is 0 Å². The molecule has 1 unspecified atom stereocenters. The molecule has 0 aliphatic heterocycles. The predicted molar refractivity (Wildman–Crippen MR) is 76.7 cm³/mol. The van der Waals surface area contributed by atoms with E-state index < -0.39 is 0 Å². The van der Waals surface area contributed by atoms with Gasteiger partial charge in [0, 0.05) is 11.1 Å². The monoisotopic (exact) mass is 271 g/mol. The van der Waals surface area contributed by atoms with Crippen LogP contribution in [0.5, 0.6) is 0 Å². The van der Waals surface area contributed by atoms with Crippen LogP contribution >= 0.6 is 11.6 Å². The first kappa shape index (κ1) is 15.5. The van der Waals surface area contributed by atoms with E-state index in [1.165, 1.54) is 6.07 Å². The maximum Gasteiger partial charge on any atom is 0.127 e. The van der Waals surface area contributed by atoms with Gasteiger partial charge in [-0.15, -0.1) is 0 Å². The first-order chi connectivity index (χ1) is 8.52. The Kier molecular flexibility index (Phi) is 6.66. The van der Waals surface area contributed by atoms with E-state index in [1.54, 1.807) is 12.1 Å². The Hall–Kier alpha value is -0.600. The average molecular weight is 272 g/mol. The van der Waals surface area contributed by atoms with E-state index in [1.807, 2.05) is 0 Å². The van der Waals surface area contributed by atoms with Gasteiger partial charge in [-0.2, -0.15) is 0 Å². The molecule has 18 heavy (non-hydrogen) atoms. The number of hydrogen-bond donors (Lipinski definition) is 1. The summed E-state index contributed by atoms with van der Waals surface area (Å²) < 4.78 is 13.6. The SMILES string of the molecule is CCNC(CCc1ccc(Cl)cc1F)CC(C)C. The number of halogens is 2. The topological polar surface area (TPSA) is 12.0 Å². The molecule has 0 saturated carbocycles. The molecular weight excluding hydrogens is 249 g/mol. The van der Waals surface area contributed by atoms with Crippen molar-refractivity contribution in [1.29, 1.82) is 0 Å². The van der Waals surface area contributed by atoms with Crippen LogP contribution < -0.4 is 5.32 Å². The maximum atomic E-state index is 13.6. The Morgan fingerprint density at radius 3 is 2.61 bits per heavy atom. The Bertz CT molecular complexity index is 366. The van der Waals surface area contributed by atoms with Crippen LogP contribution in [0.1, 0.15) is 39.2 Å². The fourth-order valence-electron chi connectivity index (χ4n) is 2.22. The second-order valence-corrected chi connectivity index (χ2v) is 5.59. The van der Waals surface area contributed by atoms with E-state index in [4.69, 9.17) is 11.6 Å². The maximum absolute atomic E-state index is 13.6. The minimum absolute atomic E-state index is 0.192. The van der Waals surface area contributed by atoms with Crippen molar-refractivity contribution in [2.75, 3.05) is 6.54 Å². The first-order valence-corrected chi connectivity index (χ1v) is 7.08. The number of aryl methyl sites for hydroxylation is 1. The molecule has 1 atom stereocenters. The molecule has 0 spiro atoms. The molecule has 0 fully saturated rings. The van der Waals surface area contributed by atoms with Gasteiger partial charge in [-0.3, -0.25) is 0 Å². The summed E-state index contributed by atoms with van der Waals surface area (Å²) in [6.07, 6.45) is 2.85. The summed E-state index contributed by atoms with van der Waals surface area (Å²) in [4.78, 5) is 0. The average Bonchev–Trinajstić information content (AvgIpc) is 2.27. The number of hydrogen-bond acceptors (Lipinski definition) is 1. The Morgan fingerprint density at radius 1 is 1.33 bits per heavy atom. The second-order valence-electron chi connectivity index (χ2n) is 5.16. The highest BCUT2D eigenvalue weighted by Crippen LogP contribution is 2.18. The quantitative estimate of drug-likeness (QED) is 0.773. The van der Waals surface area contributed by atoms with Crippen LogP contribution in [0.2, 0.25) is 5.02 Å². The molecule has 102 valence electrons. The van der Waals surface area contributed by atoms with Gasteiger partial charge in [-0.1, -0.05) is 38.4 Å². The smallest absolute Gasteiger partial charge is 0.127 e. The third-order valence-corrected chi connectivity index (χ3v) is 3.26. The molecule has 0 heterocycles. The molecule has 0 aliphatic rings. The molecule has 0 aliphatic carbocycles. The van der Waals surface area contributed by atoms with Crippen molar-refractivity contribution in [1.82, 2.24) is 5.32 Å². The summed E-state index contributed by atoms with van der Waals surface area (Å²) in [6, 6.07) is 5.40. The van der Waals surface area contributed by atoms with Gasteiger partial charge in [0.05, 0.1) is 0 Å². The summed E-state index contributed by atoms with van der Waals surface area (Å²) in [7, 11) is 0. The van der Waals surface area contributed by atoms with E-state index >= 15 is 0 Å². The third kappa shape index (κ3) is 5.36. The van der Waals surface area contributed by atoms with Gasteiger partial charge in [0.1, 0.15) is 5.82 Å². The fourth-order valence-corrected chi connectivity index (χ4v) is 2.37. The molecule has 0 bridgehead atoms. The highest BCUT2D eigenvalue weighted by Gasteiger charge is 2.11. The summed E-state index contributed by atoms with van der Waals surface area (Å²) in [5.41, 5.74) is 0.756. The van der Waals surface area contributed by atoms with Crippen LogP contribution in [-0.4, -0.2) is 12.6 Å². The standard InChI is InChI=1S/C15H23ClFN/c1-4-18-14(9-11(2)3)8-6-12-5-7-13(16)10-15(12)17/h5,7,10-11,14,18H,4,6,8-9H2,1-3H3. The molecular formula is C15H23ClFN. The first-order valence-electron chi connectivity index (χ1n) is 6.70. The molecule has 1 N–H and O–H groups in total. The summed E-state index contributed by atoms with van der Waals surface area (Å²) >= 11 is 5.75. The summed E-state index contributed by atoms with van der Waals surface area (Å²) in [5, 5.41) is 3.93. The van der Waals surface area contributed by atoms with Crippen LogP contribution in [0.3, 0.4) is 0 Å². The van der Waals surface area contributed by atoms with Gasteiger partial charge < -0.3 is 5.32 Å². The van der Waals surface area contributed by atoms with Crippen LogP contribution in [0.15, 0.2) is 18.2 Å². The molecule has 1 aromatic rings. The molecule has 0 aromatic heterocycles. The summed E-state index contributed by atoms with van der Waals surface area (Å²) in [5.74, 6) is 0.464. The van der Waals surface area contributed by atoms with E-state index in [0.29, 0.717) is 17.0 Å². The van der Waals surface area contributed by atoms with E-state index in [9.17, 15) is 4.39 Å². The van der Waals surface area contributed by atoms with Crippen molar-refractivity contribution in [3.8, 4) is 0 Å². The molecule has 1 rings (SSSR count). The van der Waals surface area contributed by atoms with E-state index in [2.05, 4.69) is 26.1 Å². The van der Waals surface area contributed by atoms with Crippen molar-refractivity contribution in [2.45, 2.75) is 46.1 Å². The lowest BCUT2D eigenvalue weighted by Crippen LogP contribution is -2.30. The third-order valence-electron chi connectivity index (χ3n) is 3.03. The number of benzene rings is 1. The van der Waals surface area contributed by atoms with Crippen molar-refractivity contribution < 1.29 is 4.39 Å². The normalized spacial score (nSPS) is 13.0. The highest BCUT2D eigenvalue weighted by molar-refractivity contribution is 6.30. The number of rotatable bonds is 7. The lowest BCUT2D eigenvalue weighted by atomic mass is 9.97. The molecule has 1 nitrogen and oxygen atoms in total. The molecule has 0 amide bonds. The lowest BCUT2D eigenvalue weighted by Gasteiger charge is -2.20. The Morgan fingerprint density at radius 2 is 2.06 bits per heavy atom. The van der Waals surface area contributed by atoms with Crippen molar-refractivity contribution >= 4 is 11.6 Å². The van der Waals surface area contributed by atoms with Crippen LogP contribution in [-0.2, 0) is 6.42 Å². The lowest BCUT2D eigenvalue weighted by molar-refractivity contribution is 0.403. The van der Waals surface area contributed by atoms with Crippen molar-refractivity contribution in [3.05, 3.63) is 34.6 Å². The van der Waals surface area contributed by atoms with Crippen LogP contribution in [0, 0.1) is 11.7 Å². The van der Waals surface area contributed by atoms with Crippen molar-refractivity contribution in [3.63, 3.8) is 0 Å². The van der Waals surface area contributed by atoms with Gasteiger partial charge in [-0.05, 0) is 49.4 Å². The molecule has 1 aromatic carbocycles. The van der Waals surface area contributed by atoms with Crippen molar-refractivity contribution in [2.24, 2.45) is 5.92 Å². The van der Waals surface area contributed by atoms with Gasteiger partial charge in [0.15, 0.2) is 0 Å². The zero-order chi connectivity index (χ0) is 13.5. The summed E-state index contributed by atoms with van der Waals surface area (Å²) in [6.45, 7) is 7.50. The van der Waals surface area contributed by atoms with E-state index in [-0.39, 0.29) is 5.82 Å². The van der Waals surface area contributed by atoms with Gasteiger partial charge in [-0.25, -0.2) is 4.39 Å². The van der Waals surface area contributed by atoms with Gasteiger partial charge in [0.25, 0.3) is 0 Å². The fraction of sp³-hybridized carbons (Fsp3) is 0.600. The minimum Gasteiger partial charge on any atom is -0.314 e. The largest absolute Gasteiger partial charge is 0.314 e. The minimum atomic E-state index is -0.192. The zero-order valence-corrected chi connectivity index (χ0v) is 12.2. The van der Waals surface area contributed by atoms with Crippen LogP contribution in [0.4, 0.5) is 4.39 Å². The number of nitrogens with one attached hydrogen (secondary N) is 1. The highest BCUT2D eigenvalue weighted by atomic mass is 35.5. The second kappa shape index (κ2) is 7.75. The molecule has 0 saturated heterocycles. The Balaban J connectivity index is 2.55. The zero-order valence-electron chi connectivity index (χ0n) is 11.5. The molecule has 0 radical (unpaired) electrons. The molecule has 3 heteroatoms.